The summed E-state index contributed by atoms with van der Waals surface area (Å²) >= 11 is 0. The zero-order valence-electron chi connectivity index (χ0n) is 13.6. The molecule has 0 saturated heterocycles. The topological polar surface area (TPSA) is 59.6 Å². The predicted molar refractivity (Wildman–Crippen MR) is 88.1 cm³/mol. The third kappa shape index (κ3) is 4.79. The third-order valence-corrected chi connectivity index (χ3v) is 3.35. The van der Waals surface area contributed by atoms with Crippen molar-refractivity contribution in [2.75, 3.05) is 31.4 Å². The monoisotopic (exact) mass is 354 g/mol. The highest BCUT2D eigenvalue weighted by Gasteiger charge is 2.33. The van der Waals surface area contributed by atoms with Crippen LogP contribution in [0.1, 0.15) is 5.56 Å². The molecule has 0 aliphatic heterocycles. The summed E-state index contributed by atoms with van der Waals surface area (Å²) in [6.45, 7) is -0.227. The van der Waals surface area contributed by atoms with Crippen molar-refractivity contribution >= 4 is 17.3 Å². The van der Waals surface area contributed by atoms with E-state index >= 15 is 0 Å². The predicted octanol–water partition coefficient (Wildman–Crippen LogP) is 3.77. The fourth-order valence-electron chi connectivity index (χ4n) is 2.15. The van der Waals surface area contributed by atoms with Crippen molar-refractivity contribution in [1.82, 2.24) is 0 Å². The lowest BCUT2D eigenvalue weighted by Gasteiger charge is -2.15. The van der Waals surface area contributed by atoms with Gasteiger partial charge in [-0.25, -0.2) is 0 Å². The van der Waals surface area contributed by atoms with Gasteiger partial charge in [-0.2, -0.15) is 13.2 Å². The normalized spacial score (nSPS) is 10.9. The van der Waals surface area contributed by atoms with Crippen molar-refractivity contribution in [2.24, 2.45) is 0 Å². The van der Waals surface area contributed by atoms with Crippen molar-refractivity contribution in [3.63, 3.8) is 0 Å². The van der Waals surface area contributed by atoms with E-state index in [1.165, 1.54) is 32.4 Å². The molecule has 0 aromatic heterocycles. The van der Waals surface area contributed by atoms with Crippen LogP contribution >= 0.6 is 0 Å². The highest BCUT2D eigenvalue weighted by atomic mass is 19.4. The first-order valence-corrected chi connectivity index (χ1v) is 7.27. The molecule has 0 aliphatic carbocycles. The van der Waals surface area contributed by atoms with Crippen LogP contribution in [0.3, 0.4) is 0 Å². The summed E-state index contributed by atoms with van der Waals surface area (Å²) in [7, 11) is 2.97. The first-order chi connectivity index (χ1) is 11.8. The number of hydrogen-bond donors (Lipinski definition) is 2. The van der Waals surface area contributed by atoms with Crippen LogP contribution in [0.15, 0.2) is 42.5 Å². The molecule has 0 spiro atoms. The summed E-state index contributed by atoms with van der Waals surface area (Å²) in [5, 5.41) is 5.08. The van der Waals surface area contributed by atoms with E-state index in [0.717, 1.165) is 6.07 Å². The molecule has 0 atom stereocenters. The van der Waals surface area contributed by atoms with Gasteiger partial charge in [0.1, 0.15) is 11.5 Å². The molecule has 0 heterocycles. The number of rotatable bonds is 6. The van der Waals surface area contributed by atoms with Crippen LogP contribution in [0.2, 0.25) is 0 Å². The molecule has 2 aromatic carbocycles. The molecule has 5 nitrogen and oxygen atoms in total. The van der Waals surface area contributed by atoms with Crippen LogP contribution in [0.25, 0.3) is 0 Å². The van der Waals surface area contributed by atoms with Crippen LogP contribution in [0, 0.1) is 0 Å². The van der Waals surface area contributed by atoms with Crippen LogP contribution in [0.5, 0.6) is 11.5 Å². The van der Waals surface area contributed by atoms with Gasteiger partial charge in [0.25, 0.3) is 0 Å². The van der Waals surface area contributed by atoms with Crippen molar-refractivity contribution in [3.05, 3.63) is 48.0 Å². The number of anilines is 2. The second-order valence-corrected chi connectivity index (χ2v) is 5.01. The van der Waals surface area contributed by atoms with E-state index in [-0.39, 0.29) is 12.2 Å². The average Bonchev–Trinajstić information content (AvgIpc) is 2.59. The van der Waals surface area contributed by atoms with Gasteiger partial charge < -0.3 is 20.1 Å². The second kappa shape index (κ2) is 7.78. The number of para-hydroxylation sites is 1. The number of amides is 1. The number of benzene rings is 2. The van der Waals surface area contributed by atoms with E-state index in [0.29, 0.717) is 17.2 Å². The number of halogens is 3. The van der Waals surface area contributed by atoms with Crippen LogP contribution < -0.4 is 20.1 Å². The smallest absolute Gasteiger partial charge is 0.418 e. The molecule has 0 fully saturated rings. The molecule has 0 saturated carbocycles. The molecule has 8 heteroatoms. The number of carbonyl (C=O) groups excluding carboxylic acids is 1. The van der Waals surface area contributed by atoms with Crippen molar-refractivity contribution < 1.29 is 27.4 Å². The summed E-state index contributed by atoms with van der Waals surface area (Å²) in [6.07, 6.45) is -4.55. The first kappa shape index (κ1) is 18.4. The van der Waals surface area contributed by atoms with E-state index in [2.05, 4.69) is 10.6 Å². The summed E-state index contributed by atoms with van der Waals surface area (Å²) in [4.78, 5) is 12.0. The molecule has 2 N–H and O–H groups in total. The number of ether oxygens (including phenoxy) is 2. The average molecular weight is 354 g/mol. The number of nitrogens with one attached hydrogen (secondary N) is 2. The lowest BCUT2D eigenvalue weighted by molar-refractivity contribution is -0.137. The number of methoxy groups -OCH3 is 2. The van der Waals surface area contributed by atoms with Crippen LogP contribution in [0.4, 0.5) is 24.5 Å². The Morgan fingerprint density at radius 2 is 1.76 bits per heavy atom. The van der Waals surface area contributed by atoms with Gasteiger partial charge in [-0.3, -0.25) is 4.79 Å². The Hall–Kier alpha value is -2.90. The Kier molecular flexibility index (Phi) is 5.74. The Bertz CT molecular complexity index is 748. The van der Waals surface area contributed by atoms with Gasteiger partial charge in [-0.05, 0) is 24.3 Å². The largest absolute Gasteiger partial charge is 0.497 e. The third-order valence-electron chi connectivity index (χ3n) is 3.35. The maximum absolute atomic E-state index is 12.9. The number of alkyl halides is 3. The van der Waals surface area contributed by atoms with E-state index in [4.69, 9.17) is 9.47 Å². The molecule has 25 heavy (non-hydrogen) atoms. The summed E-state index contributed by atoms with van der Waals surface area (Å²) in [5.74, 6) is 0.406. The Morgan fingerprint density at radius 1 is 1.04 bits per heavy atom. The van der Waals surface area contributed by atoms with Gasteiger partial charge in [-0.15, -0.1) is 0 Å². The minimum atomic E-state index is -4.55. The second-order valence-electron chi connectivity index (χ2n) is 5.01. The zero-order chi connectivity index (χ0) is 18.4. The molecular formula is C17H17F3N2O3. The van der Waals surface area contributed by atoms with Crippen molar-refractivity contribution in [2.45, 2.75) is 6.18 Å². The maximum Gasteiger partial charge on any atom is 0.418 e. The SMILES string of the molecule is COc1ccc(NCC(=O)Nc2ccccc2C(F)(F)F)c(OC)c1. The van der Waals surface area contributed by atoms with Gasteiger partial charge >= 0.3 is 6.18 Å². The van der Waals surface area contributed by atoms with Gasteiger partial charge in [-0.1, -0.05) is 12.1 Å². The summed E-state index contributed by atoms with van der Waals surface area (Å²) < 4.78 is 49.0. The molecule has 0 aliphatic rings. The summed E-state index contributed by atoms with van der Waals surface area (Å²) in [6, 6.07) is 9.74. The van der Waals surface area contributed by atoms with Gasteiger partial charge in [0.05, 0.1) is 37.7 Å². The molecule has 0 bridgehead atoms. The molecular weight excluding hydrogens is 337 g/mol. The van der Waals surface area contributed by atoms with Crippen LogP contribution in [-0.2, 0) is 11.0 Å². The zero-order valence-corrected chi connectivity index (χ0v) is 13.6. The van der Waals surface area contributed by atoms with Crippen LogP contribution in [-0.4, -0.2) is 26.7 Å². The maximum atomic E-state index is 12.9. The van der Waals surface area contributed by atoms with Crippen molar-refractivity contribution in [1.29, 1.82) is 0 Å². The van der Waals surface area contributed by atoms with Gasteiger partial charge in [0, 0.05) is 6.07 Å². The number of hydrogen-bond acceptors (Lipinski definition) is 4. The highest BCUT2D eigenvalue weighted by molar-refractivity contribution is 5.94. The van der Waals surface area contributed by atoms with Gasteiger partial charge in [0.2, 0.25) is 5.91 Å². The number of carbonyl (C=O) groups is 1. The summed E-state index contributed by atoms with van der Waals surface area (Å²) in [5.41, 5.74) is -0.670. The molecule has 1 amide bonds. The molecule has 2 aromatic rings. The quantitative estimate of drug-likeness (QED) is 0.829. The molecule has 2 rings (SSSR count). The Labute approximate surface area is 142 Å². The first-order valence-electron chi connectivity index (χ1n) is 7.27. The standard InChI is InChI=1S/C17H17F3N2O3/c1-24-11-7-8-14(15(9-11)25-2)21-10-16(23)22-13-6-4-3-5-12(13)17(18,19)20/h3-9,21H,10H2,1-2H3,(H,22,23). The fraction of sp³-hybridized carbons (Fsp3) is 0.235. The molecule has 0 radical (unpaired) electrons. The minimum Gasteiger partial charge on any atom is -0.497 e. The fourth-order valence-corrected chi connectivity index (χ4v) is 2.15. The van der Waals surface area contributed by atoms with E-state index in [9.17, 15) is 18.0 Å². The lowest BCUT2D eigenvalue weighted by Crippen LogP contribution is -2.23. The minimum absolute atomic E-state index is 0.227. The van der Waals surface area contributed by atoms with Gasteiger partial charge in [0.15, 0.2) is 0 Å². The molecule has 0 unspecified atom stereocenters. The Morgan fingerprint density at radius 3 is 2.40 bits per heavy atom. The van der Waals surface area contributed by atoms with E-state index in [1.54, 1.807) is 18.2 Å². The lowest BCUT2D eigenvalue weighted by atomic mass is 10.1. The van der Waals surface area contributed by atoms with E-state index in [1.807, 2.05) is 0 Å². The van der Waals surface area contributed by atoms with Crippen molar-refractivity contribution in [3.8, 4) is 11.5 Å². The molecule has 134 valence electrons. The van der Waals surface area contributed by atoms with E-state index < -0.39 is 17.6 Å². The highest BCUT2D eigenvalue weighted by Crippen LogP contribution is 2.34. The Balaban J connectivity index is 2.05.